The van der Waals surface area contributed by atoms with E-state index >= 15 is 0 Å². The smallest absolute Gasteiger partial charge is 0.252 e. The minimum atomic E-state index is -0.838. The minimum Gasteiger partial charge on any atom is -0.493 e. The molecule has 6 heteroatoms. The maximum absolute atomic E-state index is 12.4. The fraction of sp³-hybridized carbons (Fsp3) is 0.316. The lowest BCUT2D eigenvalue weighted by atomic mass is 10.1. The number of hydrogen-bond donors (Lipinski definition) is 2. The van der Waals surface area contributed by atoms with Crippen molar-refractivity contribution in [1.82, 2.24) is 5.32 Å². The molecule has 0 radical (unpaired) electrons. The van der Waals surface area contributed by atoms with Crippen LogP contribution < -0.4 is 14.8 Å². The van der Waals surface area contributed by atoms with Crippen molar-refractivity contribution >= 4 is 17.7 Å². The second-order valence-corrected chi connectivity index (χ2v) is 6.58. The zero-order chi connectivity index (χ0) is 18.2. The number of benzene rings is 2. The summed E-state index contributed by atoms with van der Waals surface area (Å²) in [4.78, 5) is 13.4. The molecule has 0 saturated carbocycles. The van der Waals surface area contributed by atoms with E-state index in [0.717, 1.165) is 10.6 Å². The second-order valence-electron chi connectivity index (χ2n) is 5.27. The third-order valence-corrected chi connectivity index (χ3v) is 4.64. The van der Waals surface area contributed by atoms with Gasteiger partial charge in [-0.15, -0.1) is 11.8 Å². The van der Waals surface area contributed by atoms with Gasteiger partial charge in [0.2, 0.25) is 0 Å². The van der Waals surface area contributed by atoms with E-state index in [-0.39, 0.29) is 12.5 Å². The Morgan fingerprint density at radius 1 is 1.16 bits per heavy atom. The van der Waals surface area contributed by atoms with Crippen LogP contribution in [-0.4, -0.2) is 37.5 Å². The maximum Gasteiger partial charge on any atom is 0.252 e. The Labute approximate surface area is 152 Å². The van der Waals surface area contributed by atoms with Crippen LogP contribution in [0.5, 0.6) is 11.5 Å². The van der Waals surface area contributed by atoms with Gasteiger partial charge in [-0.2, -0.15) is 0 Å². The van der Waals surface area contributed by atoms with Crippen LogP contribution in [0.25, 0.3) is 0 Å². The van der Waals surface area contributed by atoms with Crippen molar-refractivity contribution < 1.29 is 19.4 Å². The number of amides is 1. The average molecular weight is 361 g/mol. The summed E-state index contributed by atoms with van der Waals surface area (Å²) in [6.45, 7) is 2.15. The Balaban J connectivity index is 2.04. The molecule has 0 saturated heterocycles. The van der Waals surface area contributed by atoms with Gasteiger partial charge in [0.15, 0.2) is 11.5 Å². The van der Waals surface area contributed by atoms with Gasteiger partial charge in [0.1, 0.15) is 0 Å². The number of hydrogen-bond acceptors (Lipinski definition) is 5. The van der Waals surface area contributed by atoms with Crippen molar-refractivity contribution in [1.29, 1.82) is 0 Å². The van der Waals surface area contributed by atoms with Crippen molar-refractivity contribution in [3.63, 3.8) is 0 Å². The second kappa shape index (κ2) is 9.34. The molecule has 1 atom stereocenters. The van der Waals surface area contributed by atoms with Crippen molar-refractivity contribution in [3.05, 3.63) is 53.6 Å². The van der Waals surface area contributed by atoms with Crippen LogP contribution >= 0.6 is 11.8 Å². The first-order valence-electron chi connectivity index (χ1n) is 8.00. The van der Waals surface area contributed by atoms with E-state index in [1.165, 1.54) is 7.11 Å². The SMILES string of the molecule is CCSc1ccccc1C(=O)NC[C@H](O)c1ccc(OC)c(OC)c1. The number of ether oxygens (including phenoxy) is 2. The molecule has 5 nitrogen and oxygen atoms in total. The molecule has 0 bridgehead atoms. The summed E-state index contributed by atoms with van der Waals surface area (Å²) in [6.07, 6.45) is -0.838. The third-order valence-electron chi connectivity index (χ3n) is 3.68. The number of carbonyl (C=O) groups is 1. The molecule has 0 aromatic heterocycles. The quantitative estimate of drug-likeness (QED) is 0.706. The molecule has 0 aliphatic rings. The summed E-state index contributed by atoms with van der Waals surface area (Å²) in [5, 5.41) is 13.1. The number of methoxy groups -OCH3 is 2. The first kappa shape index (κ1) is 19.1. The molecule has 2 N–H and O–H groups in total. The Morgan fingerprint density at radius 2 is 1.88 bits per heavy atom. The molecule has 0 unspecified atom stereocenters. The van der Waals surface area contributed by atoms with Gasteiger partial charge in [0, 0.05) is 11.4 Å². The van der Waals surface area contributed by atoms with Crippen molar-refractivity contribution in [2.45, 2.75) is 17.9 Å². The highest BCUT2D eigenvalue weighted by molar-refractivity contribution is 7.99. The van der Waals surface area contributed by atoms with Gasteiger partial charge >= 0.3 is 0 Å². The van der Waals surface area contributed by atoms with Crippen molar-refractivity contribution in [2.24, 2.45) is 0 Å². The summed E-state index contributed by atoms with van der Waals surface area (Å²) in [5.74, 6) is 1.82. The summed E-state index contributed by atoms with van der Waals surface area (Å²) in [6, 6.07) is 12.6. The maximum atomic E-state index is 12.4. The lowest BCUT2D eigenvalue weighted by Crippen LogP contribution is -2.28. The van der Waals surface area contributed by atoms with Crippen LogP contribution in [0, 0.1) is 0 Å². The molecule has 0 aliphatic heterocycles. The van der Waals surface area contributed by atoms with Crippen LogP contribution in [-0.2, 0) is 0 Å². The molecule has 2 aromatic rings. The van der Waals surface area contributed by atoms with Crippen molar-refractivity contribution in [3.8, 4) is 11.5 Å². The van der Waals surface area contributed by atoms with Crippen molar-refractivity contribution in [2.75, 3.05) is 26.5 Å². The van der Waals surface area contributed by atoms with Crippen LogP contribution in [0.3, 0.4) is 0 Å². The van der Waals surface area contributed by atoms with Gasteiger partial charge in [0.25, 0.3) is 5.91 Å². The first-order chi connectivity index (χ1) is 12.1. The van der Waals surface area contributed by atoms with Gasteiger partial charge in [-0.25, -0.2) is 0 Å². The normalized spacial score (nSPS) is 11.7. The lowest BCUT2D eigenvalue weighted by molar-refractivity contribution is 0.0913. The zero-order valence-electron chi connectivity index (χ0n) is 14.6. The lowest BCUT2D eigenvalue weighted by Gasteiger charge is -2.15. The molecule has 2 rings (SSSR count). The van der Waals surface area contributed by atoms with E-state index in [0.29, 0.717) is 22.6 Å². The number of aliphatic hydroxyl groups excluding tert-OH is 1. The van der Waals surface area contributed by atoms with Crippen LogP contribution in [0.15, 0.2) is 47.4 Å². The van der Waals surface area contributed by atoms with E-state index in [9.17, 15) is 9.90 Å². The van der Waals surface area contributed by atoms with E-state index in [4.69, 9.17) is 9.47 Å². The molecule has 0 aliphatic carbocycles. The summed E-state index contributed by atoms with van der Waals surface area (Å²) in [7, 11) is 3.10. The minimum absolute atomic E-state index is 0.111. The Bertz CT molecular complexity index is 720. The van der Waals surface area contributed by atoms with E-state index < -0.39 is 6.10 Å². The molecule has 0 heterocycles. The van der Waals surface area contributed by atoms with E-state index in [2.05, 4.69) is 5.32 Å². The molecule has 0 fully saturated rings. The number of rotatable bonds is 8. The monoisotopic (exact) mass is 361 g/mol. The van der Waals surface area contributed by atoms with E-state index in [1.807, 2.05) is 25.1 Å². The fourth-order valence-electron chi connectivity index (χ4n) is 2.40. The number of nitrogens with one attached hydrogen (secondary N) is 1. The number of aliphatic hydroxyl groups is 1. The highest BCUT2D eigenvalue weighted by Gasteiger charge is 2.15. The predicted molar refractivity (Wildman–Crippen MR) is 99.7 cm³/mol. The van der Waals surface area contributed by atoms with Gasteiger partial charge in [-0.3, -0.25) is 4.79 Å². The topological polar surface area (TPSA) is 67.8 Å². The standard InChI is InChI=1S/C19H23NO4S/c1-4-25-18-8-6-5-7-14(18)19(22)20-12-15(21)13-9-10-16(23-2)17(11-13)24-3/h5-11,15,21H,4,12H2,1-3H3,(H,20,22)/t15-/m0/s1. The van der Waals surface area contributed by atoms with Gasteiger partial charge < -0.3 is 19.9 Å². The van der Waals surface area contributed by atoms with Gasteiger partial charge in [-0.1, -0.05) is 25.1 Å². The first-order valence-corrected chi connectivity index (χ1v) is 8.99. The highest BCUT2D eigenvalue weighted by Crippen LogP contribution is 2.30. The van der Waals surface area contributed by atoms with Gasteiger partial charge in [-0.05, 0) is 35.6 Å². The molecular weight excluding hydrogens is 338 g/mol. The highest BCUT2D eigenvalue weighted by atomic mass is 32.2. The molecular formula is C19H23NO4S. The molecule has 0 spiro atoms. The Morgan fingerprint density at radius 3 is 2.56 bits per heavy atom. The number of carbonyl (C=O) groups excluding carboxylic acids is 1. The zero-order valence-corrected chi connectivity index (χ0v) is 15.4. The van der Waals surface area contributed by atoms with Crippen LogP contribution in [0.1, 0.15) is 28.9 Å². The van der Waals surface area contributed by atoms with E-state index in [1.54, 1.807) is 43.1 Å². The average Bonchev–Trinajstić information content (AvgIpc) is 2.65. The fourth-order valence-corrected chi connectivity index (χ4v) is 3.20. The summed E-state index contributed by atoms with van der Waals surface area (Å²) in [5.41, 5.74) is 1.27. The molecule has 25 heavy (non-hydrogen) atoms. The van der Waals surface area contributed by atoms with Crippen LogP contribution in [0.2, 0.25) is 0 Å². The number of thioether (sulfide) groups is 1. The Hall–Kier alpha value is -2.18. The largest absolute Gasteiger partial charge is 0.493 e. The molecule has 134 valence electrons. The molecule has 2 aromatic carbocycles. The summed E-state index contributed by atoms with van der Waals surface area (Å²) >= 11 is 1.62. The summed E-state index contributed by atoms with van der Waals surface area (Å²) < 4.78 is 10.4. The Kier molecular flexibility index (Phi) is 7.16. The van der Waals surface area contributed by atoms with Crippen LogP contribution in [0.4, 0.5) is 0 Å². The predicted octanol–water partition coefficient (Wildman–Crippen LogP) is 3.28. The van der Waals surface area contributed by atoms with Gasteiger partial charge in [0.05, 0.1) is 25.9 Å². The molecule has 1 amide bonds. The third kappa shape index (κ3) is 4.90.